The van der Waals surface area contributed by atoms with E-state index < -0.39 is 11.9 Å². The molecule has 1 aromatic carbocycles. The van der Waals surface area contributed by atoms with Crippen molar-refractivity contribution in [3.8, 4) is 5.75 Å². The predicted molar refractivity (Wildman–Crippen MR) is 84.7 cm³/mol. The number of ether oxygens (including phenoxy) is 1. The standard InChI is InChI=1S/C16H20ClFN2O2/c1-3-6-19-7-9-20(10-8-19)16(21)12(2)22-15-5-4-13(18)11-14(15)17/h3-5,11-12H,1,6-10H2,2H3. The first kappa shape index (κ1) is 16.8. The van der Waals surface area contributed by atoms with Crippen molar-refractivity contribution in [1.29, 1.82) is 0 Å². The van der Waals surface area contributed by atoms with Crippen molar-refractivity contribution < 1.29 is 13.9 Å². The smallest absolute Gasteiger partial charge is 0.263 e. The second-order valence-electron chi connectivity index (χ2n) is 5.25. The largest absolute Gasteiger partial charge is 0.479 e. The van der Waals surface area contributed by atoms with Gasteiger partial charge in [0.2, 0.25) is 0 Å². The normalized spacial score (nSPS) is 17.1. The van der Waals surface area contributed by atoms with Crippen LogP contribution in [0.4, 0.5) is 4.39 Å². The summed E-state index contributed by atoms with van der Waals surface area (Å²) in [5.74, 6) is -0.206. The molecule has 6 heteroatoms. The highest BCUT2D eigenvalue weighted by atomic mass is 35.5. The zero-order chi connectivity index (χ0) is 16.1. The maximum atomic E-state index is 13.0. The zero-order valence-electron chi connectivity index (χ0n) is 12.6. The van der Waals surface area contributed by atoms with Gasteiger partial charge in [0.1, 0.15) is 11.6 Å². The fraction of sp³-hybridized carbons (Fsp3) is 0.438. The van der Waals surface area contributed by atoms with Gasteiger partial charge in [-0.1, -0.05) is 17.7 Å². The van der Waals surface area contributed by atoms with Crippen LogP contribution < -0.4 is 4.74 Å². The molecular weight excluding hydrogens is 307 g/mol. The molecule has 22 heavy (non-hydrogen) atoms. The van der Waals surface area contributed by atoms with E-state index in [1.54, 1.807) is 11.8 Å². The number of carbonyl (C=O) groups is 1. The number of benzene rings is 1. The van der Waals surface area contributed by atoms with Crippen LogP contribution in [-0.4, -0.2) is 54.5 Å². The summed E-state index contributed by atoms with van der Waals surface area (Å²) in [7, 11) is 0. The lowest BCUT2D eigenvalue weighted by molar-refractivity contribution is -0.139. The SMILES string of the molecule is C=CCN1CCN(C(=O)C(C)Oc2ccc(F)cc2Cl)CC1. The molecule has 1 fully saturated rings. The molecule has 0 radical (unpaired) electrons. The maximum absolute atomic E-state index is 13.0. The third-order valence-corrected chi connectivity index (χ3v) is 3.91. The van der Waals surface area contributed by atoms with Crippen molar-refractivity contribution in [2.75, 3.05) is 32.7 Å². The molecular formula is C16H20ClFN2O2. The summed E-state index contributed by atoms with van der Waals surface area (Å²) in [6.07, 6.45) is 1.20. The number of hydrogen-bond acceptors (Lipinski definition) is 3. The first-order valence-corrected chi connectivity index (χ1v) is 7.63. The second kappa shape index (κ2) is 7.61. The molecule has 4 nitrogen and oxygen atoms in total. The van der Waals surface area contributed by atoms with Crippen LogP contribution in [-0.2, 0) is 4.79 Å². The van der Waals surface area contributed by atoms with Gasteiger partial charge in [0.25, 0.3) is 5.91 Å². The molecule has 1 amide bonds. The topological polar surface area (TPSA) is 32.8 Å². The number of halogens is 2. The summed E-state index contributed by atoms with van der Waals surface area (Å²) in [5, 5.41) is 0.162. The van der Waals surface area contributed by atoms with E-state index in [1.165, 1.54) is 18.2 Å². The lowest BCUT2D eigenvalue weighted by Gasteiger charge is -2.35. The van der Waals surface area contributed by atoms with Crippen LogP contribution in [0.5, 0.6) is 5.75 Å². The Labute approximate surface area is 135 Å². The van der Waals surface area contributed by atoms with E-state index in [-0.39, 0.29) is 10.9 Å². The minimum atomic E-state index is -0.658. The summed E-state index contributed by atoms with van der Waals surface area (Å²) >= 11 is 5.91. The Bertz CT molecular complexity index is 545. The molecule has 1 atom stereocenters. The molecule has 1 saturated heterocycles. The van der Waals surface area contributed by atoms with Gasteiger partial charge in [0, 0.05) is 32.7 Å². The summed E-state index contributed by atoms with van der Waals surface area (Å²) < 4.78 is 18.6. The van der Waals surface area contributed by atoms with E-state index in [1.807, 2.05) is 6.08 Å². The third-order valence-electron chi connectivity index (χ3n) is 3.62. The molecule has 0 saturated carbocycles. The molecule has 0 bridgehead atoms. The quantitative estimate of drug-likeness (QED) is 0.780. The van der Waals surface area contributed by atoms with Crippen LogP contribution >= 0.6 is 11.6 Å². The number of rotatable bonds is 5. The first-order chi connectivity index (χ1) is 10.5. The Kier molecular flexibility index (Phi) is 5.80. The van der Waals surface area contributed by atoms with Crippen molar-refractivity contribution in [2.45, 2.75) is 13.0 Å². The van der Waals surface area contributed by atoms with Crippen LogP contribution in [0.1, 0.15) is 6.92 Å². The van der Waals surface area contributed by atoms with Crippen molar-refractivity contribution in [3.63, 3.8) is 0 Å². The molecule has 1 heterocycles. The molecule has 1 aromatic rings. The Balaban J connectivity index is 1.91. The fourth-order valence-electron chi connectivity index (χ4n) is 2.40. The molecule has 1 aliphatic rings. The van der Waals surface area contributed by atoms with E-state index >= 15 is 0 Å². The minimum absolute atomic E-state index is 0.0846. The molecule has 1 unspecified atom stereocenters. The van der Waals surface area contributed by atoms with Gasteiger partial charge in [-0.3, -0.25) is 9.69 Å². The molecule has 1 aliphatic heterocycles. The minimum Gasteiger partial charge on any atom is -0.479 e. The average Bonchev–Trinajstić information content (AvgIpc) is 2.50. The summed E-state index contributed by atoms with van der Waals surface area (Å²) in [4.78, 5) is 16.4. The molecule has 2 rings (SSSR count). The Morgan fingerprint density at radius 1 is 1.45 bits per heavy atom. The summed E-state index contributed by atoms with van der Waals surface area (Å²) in [6, 6.07) is 3.86. The first-order valence-electron chi connectivity index (χ1n) is 7.25. The van der Waals surface area contributed by atoms with E-state index in [9.17, 15) is 9.18 Å². The maximum Gasteiger partial charge on any atom is 0.263 e. The van der Waals surface area contributed by atoms with E-state index in [0.717, 1.165) is 19.6 Å². The number of nitrogens with zero attached hydrogens (tertiary/aromatic N) is 2. The molecule has 120 valence electrons. The second-order valence-corrected chi connectivity index (χ2v) is 5.66. The van der Waals surface area contributed by atoms with Crippen LogP contribution in [0.2, 0.25) is 5.02 Å². The zero-order valence-corrected chi connectivity index (χ0v) is 13.4. The third kappa shape index (κ3) is 4.21. The monoisotopic (exact) mass is 326 g/mol. The lowest BCUT2D eigenvalue weighted by Crippen LogP contribution is -2.51. The molecule has 0 N–H and O–H groups in total. The molecule has 0 aromatic heterocycles. The van der Waals surface area contributed by atoms with Gasteiger partial charge in [-0.15, -0.1) is 6.58 Å². The fourth-order valence-corrected chi connectivity index (χ4v) is 2.61. The van der Waals surface area contributed by atoms with Crippen LogP contribution in [0.15, 0.2) is 30.9 Å². The van der Waals surface area contributed by atoms with Crippen LogP contribution in [0.25, 0.3) is 0 Å². The highest BCUT2D eigenvalue weighted by molar-refractivity contribution is 6.32. The van der Waals surface area contributed by atoms with Gasteiger partial charge < -0.3 is 9.64 Å². The highest BCUT2D eigenvalue weighted by Gasteiger charge is 2.26. The van der Waals surface area contributed by atoms with E-state index in [4.69, 9.17) is 16.3 Å². The van der Waals surface area contributed by atoms with E-state index in [2.05, 4.69) is 11.5 Å². The lowest BCUT2D eigenvalue weighted by atomic mass is 10.2. The van der Waals surface area contributed by atoms with Crippen LogP contribution in [0, 0.1) is 5.82 Å². The van der Waals surface area contributed by atoms with E-state index in [0.29, 0.717) is 18.8 Å². The van der Waals surface area contributed by atoms with Gasteiger partial charge in [-0.05, 0) is 25.1 Å². The van der Waals surface area contributed by atoms with Crippen molar-refractivity contribution >= 4 is 17.5 Å². The summed E-state index contributed by atoms with van der Waals surface area (Å²) in [5.41, 5.74) is 0. The van der Waals surface area contributed by atoms with Gasteiger partial charge in [0.05, 0.1) is 5.02 Å². The van der Waals surface area contributed by atoms with Crippen LogP contribution in [0.3, 0.4) is 0 Å². The van der Waals surface area contributed by atoms with Crippen molar-refractivity contribution in [1.82, 2.24) is 9.80 Å². The van der Waals surface area contributed by atoms with Gasteiger partial charge in [-0.2, -0.15) is 0 Å². The molecule has 0 aliphatic carbocycles. The Morgan fingerprint density at radius 2 is 2.14 bits per heavy atom. The predicted octanol–water partition coefficient (Wildman–Crippen LogP) is 2.58. The Morgan fingerprint density at radius 3 is 2.73 bits per heavy atom. The number of hydrogen-bond donors (Lipinski definition) is 0. The molecule has 0 spiro atoms. The average molecular weight is 327 g/mol. The van der Waals surface area contributed by atoms with Gasteiger partial charge >= 0.3 is 0 Å². The van der Waals surface area contributed by atoms with Gasteiger partial charge in [-0.25, -0.2) is 4.39 Å². The highest BCUT2D eigenvalue weighted by Crippen LogP contribution is 2.26. The number of carbonyl (C=O) groups excluding carboxylic acids is 1. The van der Waals surface area contributed by atoms with Crippen molar-refractivity contribution in [3.05, 3.63) is 41.7 Å². The number of amides is 1. The van der Waals surface area contributed by atoms with Gasteiger partial charge in [0.15, 0.2) is 6.10 Å². The Hall–Kier alpha value is -1.59. The number of piperazine rings is 1. The summed E-state index contributed by atoms with van der Waals surface area (Å²) in [6.45, 7) is 9.20. The van der Waals surface area contributed by atoms with Crippen molar-refractivity contribution in [2.24, 2.45) is 0 Å².